The number of fused-ring (bicyclic) bond motifs is 3. The van der Waals surface area contributed by atoms with Crippen LogP contribution in [0.1, 0.15) is 57.6 Å². The lowest BCUT2D eigenvalue weighted by molar-refractivity contribution is -0.145. The van der Waals surface area contributed by atoms with Gasteiger partial charge < -0.3 is 20.5 Å². The SMILES string of the molecule is CCC(C)C(NC(=O)C(C)(C)CCNC(=O)OCC1c2ccccc2-c2ccccc21)C(=O)O. The number of nitrogens with one attached hydrogen (secondary N) is 2. The number of rotatable bonds is 10. The first kappa shape index (κ1) is 25.3. The maximum Gasteiger partial charge on any atom is 0.407 e. The molecule has 0 saturated carbocycles. The van der Waals surface area contributed by atoms with Gasteiger partial charge in [0.15, 0.2) is 0 Å². The molecule has 0 bridgehead atoms. The summed E-state index contributed by atoms with van der Waals surface area (Å²) in [5.41, 5.74) is 3.76. The summed E-state index contributed by atoms with van der Waals surface area (Å²) in [6, 6.07) is 15.3. The molecule has 34 heavy (non-hydrogen) atoms. The molecule has 0 saturated heterocycles. The molecule has 2 atom stereocenters. The van der Waals surface area contributed by atoms with Crippen LogP contribution in [-0.4, -0.2) is 42.3 Å². The van der Waals surface area contributed by atoms with Crippen LogP contribution in [0.3, 0.4) is 0 Å². The van der Waals surface area contributed by atoms with Crippen molar-refractivity contribution in [3.63, 3.8) is 0 Å². The van der Waals surface area contributed by atoms with Crippen LogP contribution in [0.15, 0.2) is 48.5 Å². The Hall–Kier alpha value is -3.35. The van der Waals surface area contributed by atoms with Gasteiger partial charge in [0, 0.05) is 17.9 Å². The smallest absolute Gasteiger partial charge is 0.407 e. The lowest BCUT2D eigenvalue weighted by atomic mass is 9.87. The third kappa shape index (κ3) is 5.58. The summed E-state index contributed by atoms with van der Waals surface area (Å²) in [6.07, 6.45) is 0.442. The summed E-state index contributed by atoms with van der Waals surface area (Å²) in [7, 11) is 0. The van der Waals surface area contributed by atoms with Gasteiger partial charge in [0.05, 0.1) is 0 Å². The number of carbonyl (C=O) groups is 3. The zero-order valence-electron chi connectivity index (χ0n) is 20.3. The summed E-state index contributed by atoms with van der Waals surface area (Å²) >= 11 is 0. The lowest BCUT2D eigenvalue weighted by Gasteiger charge is -2.28. The van der Waals surface area contributed by atoms with Crippen LogP contribution < -0.4 is 10.6 Å². The van der Waals surface area contributed by atoms with E-state index in [1.54, 1.807) is 20.8 Å². The fourth-order valence-corrected chi connectivity index (χ4v) is 4.26. The zero-order valence-corrected chi connectivity index (χ0v) is 20.3. The van der Waals surface area contributed by atoms with Gasteiger partial charge in [-0.2, -0.15) is 0 Å². The molecular weight excluding hydrogens is 432 g/mol. The normalized spacial score (nSPS) is 14.5. The summed E-state index contributed by atoms with van der Waals surface area (Å²) in [6.45, 7) is 7.60. The van der Waals surface area contributed by atoms with Crippen molar-refractivity contribution in [2.45, 2.75) is 52.5 Å². The largest absolute Gasteiger partial charge is 0.480 e. The molecule has 0 aliphatic heterocycles. The highest BCUT2D eigenvalue weighted by Crippen LogP contribution is 2.44. The number of ether oxygens (including phenoxy) is 1. The molecule has 0 spiro atoms. The average Bonchev–Trinajstić information content (AvgIpc) is 3.14. The van der Waals surface area contributed by atoms with Crippen molar-refractivity contribution in [2.75, 3.05) is 13.2 Å². The number of carboxylic acids is 1. The second-order valence-electron chi connectivity index (χ2n) is 9.56. The molecule has 7 heteroatoms. The number of carbonyl (C=O) groups excluding carboxylic acids is 2. The highest BCUT2D eigenvalue weighted by Gasteiger charge is 2.33. The number of benzene rings is 2. The van der Waals surface area contributed by atoms with E-state index in [1.165, 1.54) is 0 Å². The van der Waals surface area contributed by atoms with Gasteiger partial charge in [-0.05, 0) is 34.6 Å². The van der Waals surface area contributed by atoms with Crippen LogP contribution >= 0.6 is 0 Å². The zero-order chi connectivity index (χ0) is 24.9. The minimum Gasteiger partial charge on any atom is -0.480 e. The summed E-state index contributed by atoms with van der Waals surface area (Å²) < 4.78 is 5.53. The van der Waals surface area contributed by atoms with Gasteiger partial charge >= 0.3 is 12.1 Å². The Morgan fingerprint density at radius 3 is 2.12 bits per heavy atom. The molecule has 1 aliphatic carbocycles. The van der Waals surface area contributed by atoms with Crippen molar-refractivity contribution in [1.29, 1.82) is 0 Å². The highest BCUT2D eigenvalue weighted by atomic mass is 16.5. The maximum absolute atomic E-state index is 12.7. The molecule has 2 unspecified atom stereocenters. The number of amides is 2. The molecule has 2 aromatic carbocycles. The molecule has 3 N–H and O–H groups in total. The Bertz CT molecular complexity index is 1000. The Kier molecular flexibility index (Phi) is 7.97. The van der Waals surface area contributed by atoms with Crippen molar-refractivity contribution in [3.8, 4) is 11.1 Å². The molecule has 7 nitrogen and oxygen atoms in total. The molecular formula is C27H34N2O5. The molecule has 182 valence electrons. The Labute approximate surface area is 200 Å². The van der Waals surface area contributed by atoms with E-state index in [-0.39, 0.29) is 30.9 Å². The summed E-state index contributed by atoms with van der Waals surface area (Å²) in [5, 5.41) is 14.8. The standard InChI is InChI=1S/C27H34N2O5/c1-5-17(2)23(24(30)31)29-25(32)27(3,4)14-15-28-26(33)34-16-22-20-12-8-6-10-18(20)19-11-7-9-13-21(19)22/h6-13,17,22-23H,5,14-16H2,1-4H3,(H,28,33)(H,29,32)(H,30,31). The Morgan fingerprint density at radius 1 is 1.03 bits per heavy atom. The minimum absolute atomic E-state index is 0.0196. The highest BCUT2D eigenvalue weighted by molar-refractivity contribution is 5.87. The first-order chi connectivity index (χ1) is 16.2. The first-order valence-electron chi connectivity index (χ1n) is 11.8. The van der Waals surface area contributed by atoms with E-state index in [0.717, 1.165) is 22.3 Å². The van der Waals surface area contributed by atoms with Gasteiger partial charge in [-0.3, -0.25) is 4.79 Å². The van der Waals surface area contributed by atoms with Crippen LogP contribution in [0.2, 0.25) is 0 Å². The predicted octanol–water partition coefficient (Wildman–Crippen LogP) is 4.56. The third-order valence-corrected chi connectivity index (χ3v) is 6.74. The van der Waals surface area contributed by atoms with Crippen molar-refractivity contribution < 1.29 is 24.2 Å². The van der Waals surface area contributed by atoms with E-state index in [4.69, 9.17) is 4.74 Å². The van der Waals surface area contributed by atoms with Crippen molar-refractivity contribution in [2.24, 2.45) is 11.3 Å². The third-order valence-electron chi connectivity index (χ3n) is 6.74. The second kappa shape index (κ2) is 10.7. The molecule has 0 radical (unpaired) electrons. The molecule has 0 fully saturated rings. The van der Waals surface area contributed by atoms with Gasteiger partial charge in [-0.1, -0.05) is 82.6 Å². The fraction of sp³-hybridized carbons (Fsp3) is 0.444. The van der Waals surface area contributed by atoms with Gasteiger partial charge in [0.2, 0.25) is 5.91 Å². The first-order valence-corrected chi connectivity index (χ1v) is 11.8. The van der Waals surface area contributed by atoms with E-state index in [1.807, 2.05) is 31.2 Å². The molecule has 3 rings (SSSR count). The number of hydrogen-bond donors (Lipinski definition) is 3. The topological polar surface area (TPSA) is 105 Å². The van der Waals surface area contributed by atoms with Crippen LogP contribution in [0.5, 0.6) is 0 Å². The molecule has 2 aromatic rings. The van der Waals surface area contributed by atoms with Crippen LogP contribution in [0.4, 0.5) is 4.79 Å². The average molecular weight is 467 g/mol. The minimum atomic E-state index is -1.05. The van der Waals surface area contributed by atoms with Gasteiger partial charge in [0.1, 0.15) is 12.6 Å². The molecule has 0 heterocycles. The maximum atomic E-state index is 12.7. The van der Waals surface area contributed by atoms with Crippen LogP contribution in [0.25, 0.3) is 11.1 Å². The van der Waals surface area contributed by atoms with E-state index in [2.05, 4.69) is 34.9 Å². The van der Waals surface area contributed by atoms with E-state index in [9.17, 15) is 19.5 Å². The molecule has 1 aliphatic rings. The number of carboxylic acid groups (broad SMARTS) is 1. The van der Waals surface area contributed by atoms with Gasteiger partial charge in [-0.15, -0.1) is 0 Å². The van der Waals surface area contributed by atoms with E-state index in [0.29, 0.717) is 12.8 Å². The van der Waals surface area contributed by atoms with Crippen LogP contribution in [0, 0.1) is 11.3 Å². The van der Waals surface area contributed by atoms with Crippen molar-refractivity contribution in [3.05, 3.63) is 59.7 Å². The monoisotopic (exact) mass is 466 g/mol. The van der Waals surface area contributed by atoms with E-state index < -0.39 is 23.5 Å². The number of aliphatic carboxylic acids is 1. The van der Waals surface area contributed by atoms with Gasteiger partial charge in [-0.25, -0.2) is 9.59 Å². The fourth-order valence-electron chi connectivity index (χ4n) is 4.26. The molecule has 0 aromatic heterocycles. The van der Waals surface area contributed by atoms with Gasteiger partial charge in [0.25, 0.3) is 0 Å². The number of alkyl carbamates (subject to hydrolysis) is 1. The Morgan fingerprint density at radius 2 is 1.59 bits per heavy atom. The number of hydrogen-bond acceptors (Lipinski definition) is 4. The lowest BCUT2D eigenvalue weighted by Crippen LogP contribution is -2.50. The molecule has 2 amide bonds. The van der Waals surface area contributed by atoms with Crippen molar-refractivity contribution >= 4 is 18.0 Å². The summed E-state index contributed by atoms with van der Waals surface area (Å²) in [4.78, 5) is 36.6. The predicted molar refractivity (Wildman–Crippen MR) is 130 cm³/mol. The van der Waals surface area contributed by atoms with Crippen LogP contribution in [-0.2, 0) is 14.3 Å². The summed E-state index contributed by atoms with van der Waals surface area (Å²) in [5.74, 6) is -1.60. The Balaban J connectivity index is 1.51. The van der Waals surface area contributed by atoms with E-state index >= 15 is 0 Å². The quantitative estimate of drug-likeness (QED) is 0.476. The van der Waals surface area contributed by atoms with Crippen molar-refractivity contribution in [1.82, 2.24) is 10.6 Å². The second-order valence-corrected chi connectivity index (χ2v) is 9.56.